The Bertz CT molecular complexity index is 791. The average Bonchev–Trinajstić information content (AvgIpc) is 2.63. The number of nitrogens with zero attached hydrogens (tertiary/aromatic N) is 3. The van der Waals surface area contributed by atoms with E-state index in [2.05, 4.69) is 20.2 Å². The molecule has 5 nitrogen and oxygen atoms in total. The molecule has 0 spiro atoms. The second-order valence-electron chi connectivity index (χ2n) is 6.48. The van der Waals surface area contributed by atoms with E-state index >= 15 is 0 Å². The van der Waals surface area contributed by atoms with E-state index in [1.165, 1.54) is 6.42 Å². The second-order valence-corrected chi connectivity index (χ2v) is 7.33. The molecule has 1 aliphatic rings. The number of piperidine rings is 1. The molecule has 138 valence electrons. The molecule has 7 heteroatoms. The molecule has 26 heavy (non-hydrogen) atoms. The number of anilines is 1. The second kappa shape index (κ2) is 8.69. The van der Waals surface area contributed by atoms with Crippen molar-refractivity contribution in [2.24, 2.45) is 0 Å². The van der Waals surface area contributed by atoms with Gasteiger partial charge in [-0.15, -0.1) is 0 Å². The summed E-state index contributed by atoms with van der Waals surface area (Å²) in [5.41, 5.74) is 2.15. The van der Waals surface area contributed by atoms with Gasteiger partial charge in [0.2, 0.25) is 5.95 Å². The highest BCUT2D eigenvalue weighted by Gasteiger charge is 2.17. The first-order valence-electron chi connectivity index (χ1n) is 8.86. The van der Waals surface area contributed by atoms with Crippen LogP contribution in [-0.2, 0) is 6.42 Å². The number of benzene rings is 1. The van der Waals surface area contributed by atoms with Crippen LogP contribution in [0.4, 0.5) is 5.95 Å². The standard InChI is InChI=1S/C19H22Cl2N4O/c1-13-11-17(24-19(23-13)25-9-3-2-4-10-25)18(26)22-8-7-14-5-6-15(20)12-16(14)21/h5-6,11-12H,2-4,7-10H2,1H3,(H,22,26). The molecule has 2 aromatic rings. The molecule has 0 atom stereocenters. The lowest BCUT2D eigenvalue weighted by molar-refractivity contribution is 0.0949. The number of nitrogens with one attached hydrogen (secondary N) is 1. The molecule has 1 saturated heterocycles. The summed E-state index contributed by atoms with van der Waals surface area (Å²) in [6.45, 7) is 4.25. The number of halogens is 2. The van der Waals surface area contributed by atoms with Gasteiger partial charge in [-0.1, -0.05) is 29.3 Å². The van der Waals surface area contributed by atoms with Crippen molar-refractivity contribution in [1.82, 2.24) is 15.3 Å². The van der Waals surface area contributed by atoms with Crippen LogP contribution in [0.1, 0.15) is 41.0 Å². The van der Waals surface area contributed by atoms with Gasteiger partial charge in [-0.25, -0.2) is 9.97 Å². The predicted molar refractivity (Wildman–Crippen MR) is 105 cm³/mol. The molecule has 1 aliphatic heterocycles. The third-order valence-corrected chi connectivity index (χ3v) is 5.00. The number of aryl methyl sites for hydroxylation is 1. The Morgan fingerprint density at radius 2 is 1.92 bits per heavy atom. The molecule has 1 amide bonds. The summed E-state index contributed by atoms with van der Waals surface area (Å²) in [5, 5.41) is 4.12. The summed E-state index contributed by atoms with van der Waals surface area (Å²) in [7, 11) is 0. The normalized spacial score (nSPS) is 14.3. The Morgan fingerprint density at radius 3 is 2.65 bits per heavy atom. The van der Waals surface area contributed by atoms with Crippen molar-refractivity contribution in [2.45, 2.75) is 32.6 Å². The van der Waals surface area contributed by atoms with Crippen molar-refractivity contribution in [3.05, 3.63) is 51.3 Å². The zero-order valence-corrected chi connectivity index (χ0v) is 16.3. The van der Waals surface area contributed by atoms with Crippen molar-refractivity contribution in [2.75, 3.05) is 24.5 Å². The van der Waals surface area contributed by atoms with Gasteiger partial charge in [0, 0.05) is 35.4 Å². The first kappa shape index (κ1) is 18.9. The van der Waals surface area contributed by atoms with Crippen LogP contribution in [0.5, 0.6) is 0 Å². The van der Waals surface area contributed by atoms with Gasteiger partial charge < -0.3 is 10.2 Å². The van der Waals surface area contributed by atoms with Gasteiger partial charge in [0.25, 0.3) is 5.91 Å². The van der Waals surface area contributed by atoms with Crippen LogP contribution in [0, 0.1) is 6.92 Å². The van der Waals surface area contributed by atoms with Crippen molar-refractivity contribution >= 4 is 35.1 Å². The Hall–Kier alpha value is -1.85. The molecule has 0 radical (unpaired) electrons. The molecule has 1 N–H and O–H groups in total. The van der Waals surface area contributed by atoms with Gasteiger partial charge in [-0.2, -0.15) is 0 Å². The highest BCUT2D eigenvalue weighted by atomic mass is 35.5. The van der Waals surface area contributed by atoms with Crippen LogP contribution in [0.15, 0.2) is 24.3 Å². The minimum Gasteiger partial charge on any atom is -0.350 e. The Labute approximate surface area is 163 Å². The topological polar surface area (TPSA) is 58.1 Å². The molecule has 0 bridgehead atoms. The number of amides is 1. The van der Waals surface area contributed by atoms with Crippen LogP contribution in [0.2, 0.25) is 10.0 Å². The number of carbonyl (C=O) groups is 1. The van der Waals surface area contributed by atoms with Crippen molar-refractivity contribution in [1.29, 1.82) is 0 Å². The first-order valence-corrected chi connectivity index (χ1v) is 9.61. The Balaban J connectivity index is 1.63. The molecular weight excluding hydrogens is 371 g/mol. The van der Waals surface area contributed by atoms with E-state index < -0.39 is 0 Å². The maximum Gasteiger partial charge on any atom is 0.270 e. The summed E-state index contributed by atoms with van der Waals surface area (Å²) in [4.78, 5) is 23.6. The quantitative estimate of drug-likeness (QED) is 0.833. The zero-order chi connectivity index (χ0) is 18.5. The zero-order valence-electron chi connectivity index (χ0n) is 14.8. The van der Waals surface area contributed by atoms with E-state index in [-0.39, 0.29) is 5.91 Å². The fraction of sp³-hybridized carbons (Fsp3) is 0.421. The summed E-state index contributed by atoms with van der Waals surface area (Å²) in [6.07, 6.45) is 4.15. The molecule has 1 fully saturated rings. The monoisotopic (exact) mass is 392 g/mol. The van der Waals surface area contributed by atoms with E-state index in [0.717, 1.165) is 37.2 Å². The van der Waals surface area contributed by atoms with Gasteiger partial charge in [-0.05, 0) is 56.4 Å². The summed E-state index contributed by atoms with van der Waals surface area (Å²) < 4.78 is 0. The minimum atomic E-state index is -0.196. The first-order chi connectivity index (χ1) is 12.5. The molecule has 1 aromatic carbocycles. The molecule has 0 unspecified atom stereocenters. The molecule has 0 aliphatic carbocycles. The number of aromatic nitrogens is 2. The van der Waals surface area contributed by atoms with Gasteiger partial charge in [0.15, 0.2) is 0 Å². The molecular formula is C19H22Cl2N4O. The summed E-state index contributed by atoms with van der Waals surface area (Å²) >= 11 is 12.1. The fourth-order valence-corrected chi connectivity index (χ4v) is 3.53. The maximum atomic E-state index is 12.5. The van der Waals surface area contributed by atoms with Crippen LogP contribution >= 0.6 is 23.2 Å². The van der Waals surface area contributed by atoms with E-state index in [1.54, 1.807) is 18.2 Å². The predicted octanol–water partition coefficient (Wildman–Crippen LogP) is 4.05. The van der Waals surface area contributed by atoms with Gasteiger partial charge >= 0.3 is 0 Å². The molecule has 3 rings (SSSR count). The van der Waals surface area contributed by atoms with E-state index in [9.17, 15) is 4.79 Å². The van der Waals surface area contributed by atoms with Crippen LogP contribution in [-0.4, -0.2) is 35.5 Å². The van der Waals surface area contributed by atoms with Gasteiger partial charge in [0.1, 0.15) is 5.69 Å². The van der Waals surface area contributed by atoms with Crippen molar-refractivity contribution in [3.63, 3.8) is 0 Å². The fourth-order valence-electron chi connectivity index (χ4n) is 3.03. The summed E-state index contributed by atoms with van der Waals surface area (Å²) in [5.74, 6) is 0.453. The molecule has 2 heterocycles. The smallest absolute Gasteiger partial charge is 0.270 e. The van der Waals surface area contributed by atoms with Crippen LogP contribution < -0.4 is 10.2 Å². The molecule has 1 aromatic heterocycles. The maximum absolute atomic E-state index is 12.5. The van der Waals surface area contributed by atoms with E-state index in [1.807, 2.05) is 13.0 Å². The third kappa shape index (κ3) is 4.86. The average molecular weight is 393 g/mol. The lowest BCUT2D eigenvalue weighted by Gasteiger charge is -2.27. The Morgan fingerprint density at radius 1 is 1.15 bits per heavy atom. The number of rotatable bonds is 5. The molecule has 0 saturated carbocycles. The SMILES string of the molecule is Cc1cc(C(=O)NCCc2ccc(Cl)cc2Cl)nc(N2CCCCC2)n1. The highest BCUT2D eigenvalue weighted by Crippen LogP contribution is 2.21. The third-order valence-electron chi connectivity index (χ3n) is 4.41. The minimum absolute atomic E-state index is 0.196. The van der Waals surface area contributed by atoms with Crippen molar-refractivity contribution in [3.8, 4) is 0 Å². The largest absolute Gasteiger partial charge is 0.350 e. The van der Waals surface area contributed by atoms with Gasteiger partial charge in [0.05, 0.1) is 0 Å². The number of hydrogen-bond acceptors (Lipinski definition) is 4. The number of carbonyl (C=O) groups excluding carboxylic acids is 1. The number of hydrogen-bond donors (Lipinski definition) is 1. The van der Waals surface area contributed by atoms with E-state index in [0.29, 0.717) is 34.7 Å². The highest BCUT2D eigenvalue weighted by molar-refractivity contribution is 6.35. The lowest BCUT2D eigenvalue weighted by atomic mass is 10.1. The Kier molecular flexibility index (Phi) is 6.33. The van der Waals surface area contributed by atoms with E-state index in [4.69, 9.17) is 23.2 Å². The van der Waals surface area contributed by atoms with Crippen LogP contribution in [0.25, 0.3) is 0 Å². The van der Waals surface area contributed by atoms with Crippen molar-refractivity contribution < 1.29 is 4.79 Å². The van der Waals surface area contributed by atoms with Gasteiger partial charge in [-0.3, -0.25) is 4.79 Å². The lowest BCUT2D eigenvalue weighted by Crippen LogP contribution is -2.32. The van der Waals surface area contributed by atoms with Crippen LogP contribution in [0.3, 0.4) is 0 Å². The summed E-state index contributed by atoms with van der Waals surface area (Å²) in [6, 6.07) is 7.10.